The smallest absolute Gasteiger partial charge is 0.243 e. The van der Waals surface area contributed by atoms with Crippen LogP contribution in [0, 0.1) is 11.3 Å². The largest absolute Gasteiger partial charge is 0.378 e. The van der Waals surface area contributed by atoms with Crippen LogP contribution in [0.4, 0.5) is 0 Å². The zero-order valence-electron chi connectivity index (χ0n) is 17.0. The van der Waals surface area contributed by atoms with Gasteiger partial charge in [0.15, 0.2) is 0 Å². The predicted octanol–water partition coefficient (Wildman–Crippen LogP) is 2.19. The van der Waals surface area contributed by atoms with Gasteiger partial charge < -0.3 is 20.3 Å². The summed E-state index contributed by atoms with van der Waals surface area (Å²) in [5.41, 5.74) is 5.31. The van der Waals surface area contributed by atoms with Gasteiger partial charge in [-0.2, -0.15) is 0 Å². The van der Waals surface area contributed by atoms with Crippen molar-refractivity contribution in [2.75, 3.05) is 32.8 Å². The second kappa shape index (κ2) is 8.66. The Morgan fingerprint density at radius 3 is 2.11 bits per heavy atom. The molecule has 0 aromatic rings. The molecular formula is C20H36ClN3O3. The lowest BCUT2D eigenvalue weighted by Gasteiger charge is -2.59. The highest BCUT2D eigenvalue weighted by atomic mass is 35.5. The summed E-state index contributed by atoms with van der Waals surface area (Å²) in [7, 11) is 0. The van der Waals surface area contributed by atoms with Crippen LogP contribution in [0.15, 0.2) is 0 Å². The summed E-state index contributed by atoms with van der Waals surface area (Å²) in [6, 6.07) is 0. The van der Waals surface area contributed by atoms with Gasteiger partial charge in [0.05, 0.1) is 6.10 Å². The van der Waals surface area contributed by atoms with Gasteiger partial charge in [-0.15, -0.1) is 12.4 Å². The van der Waals surface area contributed by atoms with E-state index in [1.165, 1.54) is 19.3 Å². The van der Waals surface area contributed by atoms with Crippen LogP contribution < -0.4 is 5.73 Å². The van der Waals surface area contributed by atoms with Gasteiger partial charge in [0.2, 0.25) is 11.8 Å². The molecule has 27 heavy (non-hydrogen) atoms. The molecule has 156 valence electrons. The van der Waals surface area contributed by atoms with E-state index in [1.54, 1.807) is 0 Å². The van der Waals surface area contributed by atoms with E-state index in [4.69, 9.17) is 10.5 Å². The molecule has 2 atom stereocenters. The van der Waals surface area contributed by atoms with E-state index in [1.807, 2.05) is 30.6 Å². The molecule has 2 unspecified atom stereocenters. The van der Waals surface area contributed by atoms with Gasteiger partial charge in [0, 0.05) is 50.5 Å². The van der Waals surface area contributed by atoms with Crippen LogP contribution in [0.2, 0.25) is 0 Å². The molecule has 0 aromatic heterocycles. The molecule has 0 spiro atoms. The normalized spacial score (nSPS) is 31.0. The number of hydrogen-bond acceptors (Lipinski definition) is 4. The Kier molecular flexibility index (Phi) is 7.20. The van der Waals surface area contributed by atoms with E-state index >= 15 is 0 Å². The predicted molar refractivity (Wildman–Crippen MR) is 108 cm³/mol. The summed E-state index contributed by atoms with van der Waals surface area (Å²) < 4.78 is 5.74. The summed E-state index contributed by atoms with van der Waals surface area (Å²) in [6.45, 7) is 9.10. The van der Waals surface area contributed by atoms with Crippen LogP contribution in [-0.2, 0) is 14.3 Å². The molecule has 2 amide bonds. The molecule has 0 aromatic carbocycles. The zero-order valence-corrected chi connectivity index (χ0v) is 17.9. The first-order valence-corrected chi connectivity index (χ1v) is 10.3. The van der Waals surface area contributed by atoms with E-state index in [0.717, 1.165) is 12.8 Å². The fraction of sp³-hybridized carbons (Fsp3) is 0.900. The number of nitrogens with zero attached hydrogens (tertiary/aromatic N) is 2. The third-order valence-electron chi connectivity index (χ3n) is 7.04. The Bertz CT molecular complexity index is 543. The minimum atomic E-state index is -0.859. The van der Waals surface area contributed by atoms with Crippen molar-refractivity contribution in [2.24, 2.45) is 17.1 Å². The molecular weight excluding hydrogens is 366 g/mol. The SMILES string of the molecule is CCOC1CC(N)(C(=O)N2CCN(C(=O)C3CCCCC3)CC2)C1(C)C.Cl. The van der Waals surface area contributed by atoms with Crippen molar-refractivity contribution in [3.63, 3.8) is 0 Å². The molecule has 2 N–H and O–H groups in total. The van der Waals surface area contributed by atoms with Gasteiger partial charge in [0.25, 0.3) is 0 Å². The van der Waals surface area contributed by atoms with E-state index in [-0.39, 0.29) is 35.8 Å². The van der Waals surface area contributed by atoms with Gasteiger partial charge >= 0.3 is 0 Å². The molecule has 0 radical (unpaired) electrons. The highest BCUT2D eigenvalue weighted by Crippen LogP contribution is 2.50. The summed E-state index contributed by atoms with van der Waals surface area (Å²) >= 11 is 0. The van der Waals surface area contributed by atoms with Gasteiger partial charge in [0.1, 0.15) is 5.54 Å². The average molecular weight is 402 g/mol. The maximum absolute atomic E-state index is 13.1. The summed E-state index contributed by atoms with van der Waals surface area (Å²) in [4.78, 5) is 29.6. The van der Waals surface area contributed by atoms with Crippen molar-refractivity contribution in [2.45, 2.75) is 70.9 Å². The molecule has 2 aliphatic carbocycles. The number of halogens is 1. The molecule has 0 bridgehead atoms. The van der Waals surface area contributed by atoms with Crippen LogP contribution in [0.1, 0.15) is 59.3 Å². The van der Waals surface area contributed by atoms with Crippen molar-refractivity contribution < 1.29 is 14.3 Å². The molecule has 3 fully saturated rings. The Balaban J connectivity index is 0.00000261. The number of ether oxygens (including phenoxy) is 1. The molecule has 6 nitrogen and oxygen atoms in total. The number of amides is 2. The van der Waals surface area contributed by atoms with E-state index in [2.05, 4.69) is 0 Å². The molecule has 7 heteroatoms. The van der Waals surface area contributed by atoms with Crippen molar-refractivity contribution in [1.29, 1.82) is 0 Å². The maximum atomic E-state index is 13.1. The number of carbonyl (C=O) groups is 2. The number of hydrogen-bond donors (Lipinski definition) is 1. The van der Waals surface area contributed by atoms with Crippen molar-refractivity contribution in [3.05, 3.63) is 0 Å². The van der Waals surface area contributed by atoms with Crippen molar-refractivity contribution >= 4 is 24.2 Å². The second-order valence-corrected chi connectivity index (χ2v) is 8.79. The van der Waals surface area contributed by atoms with E-state index < -0.39 is 5.54 Å². The number of rotatable bonds is 4. The Morgan fingerprint density at radius 1 is 1.04 bits per heavy atom. The summed E-state index contributed by atoms with van der Waals surface area (Å²) in [5.74, 6) is 0.507. The third-order valence-corrected chi connectivity index (χ3v) is 7.04. The first-order chi connectivity index (χ1) is 12.3. The molecule has 3 aliphatic rings. The van der Waals surface area contributed by atoms with Crippen LogP contribution >= 0.6 is 12.4 Å². The third kappa shape index (κ3) is 3.99. The highest BCUT2D eigenvalue weighted by Gasteiger charge is 2.63. The van der Waals surface area contributed by atoms with Gasteiger partial charge in [-0.1, -0.05) is 33.1 Å². The minimum absolute atomic E-state index is 0. The quantitative estimate of drug-likeness (QED) is 0.783. The number of carbonyl (C=O) groups excluding carboxylic acids is 2. The molecule has 3 rings (SSSR count). The molecule has 1 saturated heterocycles. The van der Waals surface area contributed by atoms with E-state index in [9.17, 15) is 9.59 Å². The Labute approximate surface area is 169 Å². The Morgan fingerprint density at radius 2 is 1.59 bits per heavy atom. The summed E-state index contributed by atoms with van der Waals surface area (Å²) in [5, 5.41) is 0. The average Bonchev–Trinajstić information content (AvgIpc) is 2.67. The van der Waals surface area contributed by atoms with Gasteiger partial charge in [-0.3, -0.25) is 9.59 Å². The molecule has 1 heterocycles. The monoisotopic (exact) mass is 401 g/mol. The maximum Gasteiger partial charge on any atom is 0.243 e. The number of piperazine rings is 1. The van der Waals surface area contributed by atoms with Crippen LogP contribution in [0.25, 0.3) is 0 Å². The first kappa shape index (κ1) is 22.4. The van der Waals surface area contributed by atoms with E-state index in [0.29, 0.717) is 45.1 Å². The topological polar surface area (TPSA) is 75.9 Å². The van der Waals surface area contributed by atoms with Crippen molar-refractivity contribution in [1.82, 2.24) is 9.80 Å². The highest BCUT2D eigenvalue weighted by molar-refractivity contribution is 5.89. The van der Waals surface area contributed by atoms with Crippen molar-refractivity contribution in [3.8, 4) is 0 Å². The fourth-order valence-corrected chi connectivity index (χ4v) is 4.82. The lowest BCUT2D eigenvalue weighted by atomic mass is 9.54. The lowest BCUT2D eigenvalue weighted by molar-refractivity contribution is -0.181. The molecule has 1 aliphatic heterocycles. The van der Waals surface area contributed by atoms with Crippen LogP contribution in [-0.4, -0.2) is 66.0 Å². The second-order valence-electron chi connectivity index (χ2n) is 8.79. The summed E-state index contributed by atoms with van der Waals surface area (Å²) in [6.07, 6.45) is 6.25. The zero-order chi connectivity index (χ0) is 18.9. The standard InChI is InChI=1S/C20H35N3O3.ClH/c1-4-26-16-14-20(21,19(16,2)3)18(25)23-12-10-22(11-13-23)17(24)15-8-6-5-7-9-15;/h15-16H,4-14,21H2,1-3H3;1H. The van der Waals surface area contributed by atoms with Crippen LogP contribution in [0.3, 0.4) is 0 Å². The fourth-order valence-electron chi connectivity index (χ4n) is 4.82. The minimum Gasteiger partial charge on any atom is -0.378 e. The number of nitrogens with two attached hydrogens (primary N) is 1. The lowest BCUT2D eigenvalue weighted by Crippen LogP contribution is -2.76. The Hall–Kier alpha value is -0.850. The first-order valence-electron chi connectivity index (χ1n) is 10.3. The molecule has 2 saturated carbocycles. The van der Waals surface area contributed by atoms with Gasteiger partial charge in [-0.05, 0) is 19.8 Å². The van der Waals surface area contributed by atoms with Crippen LogP contribution in [0.5, 0.6) is 0 Å². The van der Waals surface area contributed by atoms with Gasteiger partial charge in [-0.25, -0.2) is 0 Å².